The highest BCUT2D eigenvalue weighted by Crippen LogP contribution is 1.87. The van der Waals surface area contributed by atoms with E-state index in [2.05, 4.69) is 20.0 Å². The molecule has 0 nitrogen and oxygen atoms in total. The lowest BCUT2D eigenvalue weighted by Gasteiger charge is -1.95. The van der Waals surface area contributed by atoms with Crippen LogP contribution < -0.4 is 0 Å². The Hall–Kier alpha value is 0.434. The molecule has 3 radical (unpaired) electrons. The van der Waals surface area contributed by atoms with Crippen LogP contribution in [0.25, 0.3) is 0 Å². The average Bonchev–Trinajstić information content (AvgIpc) is 1.61. The minimum atomic E-state index is 0.131. The normalized spacial score (nSPS) is 10.3. The summed E-state index contributed by atoms with van der Waals surface area (Å²) < 4.78 is 0. The molecule has 0 aromatic rings. The van der Waals surface area contributed by atoms with E-state index in [9.17, 15) is 0 Å². The van der Waals surface area contributed by atoms with Gasteiger partial charge in [-0.25, -0.2) is 0 Å². The molecule has 0 saturated heterocycles. The molecule has 0 spiro atoms. The van der Waals surface area contributed by atoms with Crippen LogP contribution in [0.15, 0.2) is 0 Å². The van der Waals surface area contributed by atoms with Gasteiger partial charge >= 0.3 is 0 Å². The molecule has 0 aromatic carbocycles. The molecule has 0 N–H and O–H groups in total. The van der Waals surface area contributed by atoms with Gasteiger partial charge in [-0.05, 0) is 0 Å². The highest BCUT2D eigenvalue weighted by Gasteiger charge is 1.92. The van der Waals surface area contributed by atoms with Gasteiger partial charge in [-0.1, -0.05) is 32.5 Å². The van der Waals surface area contributed by atoms with E-state index >= 15 is 0 Å². The summed E-state index contributed by atoms with van der Waals surface area (Å²) in [7, 11) is 1.42. The Kier molecular flexibility index (Phi) is 4.87. The van der Waals surface area contributed by atoms with Gasteiger partial charge in [0.05, 0.1) is 0 Å². The minimum Gasteiger partial charge on any atom is -0.0737 e. The Balaban J connectivity index is 2.68. The predicted molar refractivity (Wildman–Crippen MR) is 38.3 cm³/mol. The fourth-order valence-corrected chi connectivity index (χ4v) is 3.37. The predicted octanol–water partition coefficient (Wildman–Crippen LogP) is 1.77. The third-order valence-electron chi connectivity index (χ3n) is 0.729. The van der Waals surface area contributed by atoms with E-state index in [1.165, 1.54) is 21.5 Å². The van der Waals surface area contributed by atoms with Crippen LogP contribution in [0.2, 0.25) is 19.1 Å². The molecular weight excluding hydrogens is 116 g/mol. The fourth-order valence-electron chi connectivity index (χ4n) is 0.375. The summed E-state index contributed by atoms with van der Waals surface area (Å²) in [5.74, 6) is 0. The van der Waals surface area contributed by atoms with Crippen LogP contribution in [-0.2, 0) is 0 Å². The first-order chi connectivity index (χ1) is 3.27. The summed E-state index contributed by atoms with van der Waals surface area (Å²) in [5, 5.41) is 0. The summed E-state index contributed by atoms with van der Waals surface area (Å²) in [6.07, 6.45) is 1.38. The maximum atomic E-state index is 2.39. The maximum absolute atomic E-state index is 2.39. The summed E-state index contributed by atoms with van der Waals surface area (Å²) in [6.45, 7) is 7.04. The van der Waals surface area contributed by atoms with Crippen molar-refractivity contribution in [3.63, 3.8) is 0 Å². The lowest BCUT2D eigenvalue weighted by atomic mass is 10.6. The van der Waals surface area contributed by atoms with E-state index in [0.717, 1.165) is 0 Å². The van der Waals surface area contributed by atoms with Crippen LogP contribution in [-0.4, -0.2) is 17.4 Å². The second kappa shape index (κ2) is 4.59. The molecule has 0 aliphatic carbocycles. The van der Waals surface area contributed by atoms with Gasteiger partial charge in [0.25, 0.3) is 0 Å². The lowest BCUT2D eigenvalue weighted by Crippen LogP contribution is -2.10. The van der Waals surface area contributed by atoms with Crippen molar-refractivity contribution in [3.8, 4) is 0 Å². The Bertz CT molecular complexity index is 35.1. The first kappa shape index (κ1) is 7.43. The van der Waals surface area contributed by atoms with E-state index in [1.807, 2.05) is 0 Å². The second-order valence-electron chi connectivity index (χ2n) is 1.93. The largest absolute Gasteiger partial charge is 0.0737 e. The maximum Gasteiger partial charge on any atom is 0.0278 e. The number of hydrogen-bond donors (Lipinski definition) is 0. The van der Waals surface area contributed by atoms with Crippen molar-refractivity contribution in [1.82, 2.24) is 0 Å². The van der Waals surface area contributed by atoms with Crippen molar-refractivity contribution in [2.75, 3.05) is 0 Å². The second-order valence-corrected chi connectivity index (χ2v) is 8.84. The van der Waals surface area contributed by atoms with E-state index < -0.39 is 0 Å². The summed E-state index contributed by atoms with van der Waals surface area (Å²) in [6, 6.07) is 1.47. The van der Waals surface area contributed by atoms with Gasteiger partial charge in [0.2, 0.25) is 0 Å². The van der Waals surface area contributed by atoms with Crippen LogP contribution in [0.1, 0.15) is 13.3 Å². The number of rotatable bonds is 3. The standard InChI is InChI=1S/C5H13Si2/c1-4-5-6-7(2)3/h4-5H2,1-3H3. The average molecular weight is 129 g/mol. The smallest absolute Gasteiger partial charge is 0.0278 e. The lowest BCUT2D eigenvalue weighted by molar-refractivity contribution is 1.08. The molecule has 0 aromatic heterocycles. The molecule has 0 aliphatic rings. The minimum absolute atomic E-state index is 0.131. The summed E-state index contributed by atoms with van der Waals surface area (Å²) in [4.78, 5) is 0. The highest BCUT2D eigenvalue weighted by molar-refractivity contribution is 7.11. The molecule has 0 heterocycles. The van der Waals surface area contributed by atoms with Gasteiger partial charge in [-0.2, -0.15) is 0 Å². The molecule has 41 valence electrons. The Morgan fingerprint density at radius 2 is 2.00 bits per heavy atom. The SMILES string of the molecule is CCC[Si][Si](C)C. The molecule has 0 bridgehead atoms. The van der Waals surface area contributed by atoms with E-state index in [4.69, 9.17) is 0 Å². The van der Waals surface area contributed by atoms with E-state index in [-0.39, 0.29) is 8.31 Å². The van der Waals surface area contributed by atoms with Gasteiger partial charge in [0, 0.05) is 17.4 Å². The highest BCUT2D eigenvalue weighted by atomic mass is 29.2. The van der Waals surface area contributed by atoms with Crippen molar-refractivity contribution in [3.05, 3.63) is 0 Å². The number of hydrogen-bond acceptors (Lipinski definition) is 0. The first-order valence-corrected chi connectivity index (χ1v) is 7.52. The van der Waals surface area contributed by atoms with E-state index in [1.54, 1.807) is 0 Å². The Labute approximate surface area is 50.5 Å². The van der Waals surface area contributed by atoms with Crippen LogP contribution >= 0.6 is 0 Å². The van der Waals surface area contributed by atoms with Gasteiger partial charge in [0.1, 0.15) is 0 Å². The third kappa shape index (κ3) is 6.43. The molecule has 0 rings (SSSR count). The molecule has 0 unspecified atom stereocenters. The van der Waals surface area contributed by atoms with Crippen LogP contribution in [0.3, 0.4) is 0 Å². The first-order valence-electron chi connectivity index (χ1n) is 2.81. The molecule has 0 amide bonds. The molecule has 0 aliphatic heterocycles. The van der Waals surface area contributed by atoms with Gasteiger partial charge in [-0.3, -0.25) is 0 Å². The van der Waals surface area contributed by atoms with Crippen LogP contribution in [0.5, 0.6) is 0 Å². The van der Waals surface area contributed by atoms with E-state index in [0.29, 0.717) is 0 Å². The Morgan fingerprint density at radius 1 is 1.43 bits per heavy atom. The molecule has 0 fully saturated rings. The topological polar surface area (TPSA) is 0 Å². The summed E-state index contributed by atoms with van der Waals surface area (Å²) >= 11 is 0. The van der Waals surface area contributed by atoms with Crippen LogP contribution in [0.4, 0.5) is 0 Å². The van der Waals surface area contributed by atoms with Crippen molar-refractivity contribution in [1.29, 1.82) is 0 Å². The van der Waals surface area contributed by atoms with Crippen LogP contribution in [0, 0.1) is 0 Å². The fraction of sp³-hybridized carbons (Fsp3) is 1.00. The monoisotopic (exact) mass is 129 g/mol. The van der Waals surface area contributed by atoms with Gasteiger partial charge < -0.3 is 0 Å². The quantitative estimate of drug-likeness (QED) is 0.510. The Morgan fingerprint density at radius 3 is 2.14 bits per heavy atom. The molecular formula is C5H13Si2. The van der Waals surface area contributed by atoms with Crippen molar-refractivity contribution in [2.45, 2.75) is 32.5 Å². The molecule has 0 atom stereocenters. The zero-order valence-electron chi connectivity index (χ0n) is 5.41. The van der Waals surface area contributed by atoms with Crippen molar-refractivity contribution < 1.29 is 0 Å². The summed E-state index contributed by atoms with van der Waals surface area (Å²) in [5.41, 5.74) is 0. The zero-order valence-corrected chi connectivity index (χ0v) is 7.41. The molecule has 2 heteroatoms. The van der Waals surface area contributed by atoms with Crippen molar-refractivity contribution in [2.24, 2.45) is 0 Å². The van der Waals surface area contributed by atoms with Crippen molar-refractivity contribution >= 4 is 17.4 Å². The van der Waals surface area contributed by atoms with Gasteiger partial charge in [-0.15, -0.1) is 0 Å². The van der Waals surface area contributed by atoms with Gasteiger partial charge in [0.15, 0.2) is 0 Å². The molecule has 7 heavy (non-hydrogen) atoms. The zero-order chi connectivity index (χ0) is 5.70. The third-order valence-corrected chi connectivity index (χ3v) is 5.06. The molecule has 0 saturated carbocycles.